The number of carbonyl (C=O) groups excluding carboxylic acids is 1. The van der Waals surface area contributed by atoms with Gasteiger partial charge in [0.2, 0.25) is 11.8 Å². The topological polar surface area (TPSA) is 78.8 Å². The fraction of sp³-hybridized carbons (Fsp3) is 0.450. The predicted molar refractivity (Wildman–Crippen MR) is 103 cm³/mol. The van der Waals surface area contributed by atoms with Gasteiger partial charge in [0, 0.05) is 50.9 Å². The smallest absolute Gasteiger partial charge is 0.306 e. The Morgan fingerprint density at radius 1 is 1.19 bits per heavy atom. The zero-order valence-corrected chi connectivity index (χ0v) is 15.7. The van der Waals surface area contributed by atoms with Crippen molar-refractivity contribution in [1.29, 1.82) is 0 Å². The van der Waals surface area contributed by atoms with Gasteiger partial charge in [-0.05, 0) is 18.9 Å². The summed E-state index contributed by atoms with van der Waals surface area (Å²) in [5.41, 5.74) is 1.88. The number of nitrogens with zero attached hydrogens (tertiary/aromatic N) is 4. The van der Waals surface area contributed by atoms with Gasteiger partial charge < -0.3 is 14.7 Å². The third-order valence-electron chi connectivity index (χ3n) is 4.64. The van der Waals surface area contributed by atoms with Crippen LogP contribution in [0, 0.1) is 0 Å². The quantitative estimate of drug-likeness (QED) is 0.747. The van der Waals surface area contributed by atoms with Crippen LogP contribution in [0.5, 0.6) is 5.88 Å². The SMILES string of the molecule is CCOC(=O)CCc1cnc(N2CCN(Cc3ccccc3)CC2)nc1O. The van der Waals surface area contributed by atoms with Crippen LogP contribution in [0.25, 0.3) is 0 Å². The highest BCUT2D eigenvalue weighted by atomic mass is 16.5. The van der Waals surface area contributed by atoms with Crippen LogP contribution in [0.15, 0.2) is 36.5 Å². The van der Waals surface area contributed by atoms with Crippen molar-refractivity contribution in [2.45, 2.75) is 26.3 Å². The molecule has 1 aliphatic rings. The summed E-state index contributed by atoms with van der Waals surface area (Å²) in [6, 6.07) is 10.4. The third-order valence-corrected chi connectivity index (χ3v) is 4.64. The van der Waals surface area contributed by atoms with Crippen LogP contribution in [0.3, 0.4) is 0 Å². The number of hydrogen-bond donors (Lipinski definition) is 1. The first-order valence-electron chi connectivity index (χ1n) is 9.37. The fourth-order valence-electron chi connectivity index (χ4n) is 3.13. The van der Waals surface area contributed by atoms with E-state index in [-0.39, 0.29) is 18.3 Å². The Morgan fingerprint density at radius 2 is 1.93 bits per heavy atom. The highest BCUT2D eigenvalue weighted by Gasteiger charge is 2.20. The second-order valence-electron chi connectivity index (χ2n) is 6.57. The standard InChI is InChI=1S/C20H26N4O3/c1-2-27-18(25)9-8-17-14-21-20(22-19(17)26)24-12-10-23(11-13-24)15-16-6-4-3-5-7-16/h3-7,14H,2,8-13,15H2,1H3,(H,21,22,26). The summed E-state index contributed by atoms with van der Waals surface area (Å²) in [5, 5.41) is 10.2. The highest BCUT2D eigenvalue weighted by Crippen LogP contribution is 2.20. The molecule has 1 saturated heterocycles. The summed E-state index contributed by atoms with van der Waals surface area (Å²) in [4.78, 5) is 24.5. The second-order valence-corrected chi connectivity index (χ2v) is 6.57. The molecule has 0 bridgehead atoms. The molecule has 0 aliphatic carbocycles. The highest BCUT2D eigenvalue weighted by molar-refractivity contribution is 5.69. The van der Waals surface area contributed by atoms with Crippen LogP contribution in [0.4, 0.5) is 5.95 Å². The number of benzene rings is 1. The van der Waals surface area contributed by atoms with E-state index in [1.807, 2.05) is 6.07 Å². The van der Waals surface area contributed by atoms with E-state index >= 15 is 0 Å². The molecule has 1 aromatic carbocycles. The second kappa shape index (κ2) is 9.32. The molecule has 0 spiro atoms. The first-order valence-corrected chi connectivity index (χ1v) is 9.37. The van der Waals surface area contributed by atoms with Gasteiger partial charge in [-0.15, -0.1) is 0 Å². The molecule has 2 aromatic rings. The van der Waals surface area contributed by atoms with Crippen molar-refractivity contribution >= 4 is 11.9 Å². The van der Waals surface area contributed by atoms with E-state index in [0.29, 0.717) is 24.5 Å². The predicted octanol–water partition coefficient (Wildman–Crippen LogP) is 2.00. The summed E-state index contributed by atoms with van der Waals surface area (Å²) in [7, 11) is 0. The molecule has 144 valence electrons. The number of piperazine rings is 1. The van der Waals surface area contributed by atoms with Gasteiger partial charge in [0.25, 0.3) is 0 Å². The number of anilines is 1. The lowest BCUT2D eigenvalue weighted by molar-refractivity contribution is -0.143. The van der Waals surface area contributed by atoms with Crippen LogP contribution >= 0.6 is 0 Å². The zero-order valence-electron chi connectivity index (χ0n) is 15.7. The third kappa shape index (κ3) is 5.40. The normalized spacial score (nSPS) is 14.9. The van der Waals surface area contributed by atoms with E-state index in [1.165, 1.54) is 5.56 Å². The summed E-state index contributed by atoms with van der Waals surface area (Å²) in [6.07, 6.45) is 2.19. The molecule has 3 rings (SSSR count). The van der Waals surface area contributed by atoms with Gasteiger partial charge in [-0.1, -0.05) is 30.3 Å². The van der Waals surface area contributed by atoms with E-state index in [4.69, 9.17) is 4.74 Å². The maximum absolute atomic E-state index is 11.4. The minimum absolute atomic E-state index is 0.0592. The molecule has 0 radical (unpaired) electrons. The molecular formula is C20H26N4O3. The van der Waals surface area contributed by atoms with E-state index < -0.39 is 0 Å². The molecule has 1 N–H and O–H groups in total. The van der Waals surface area contributed by atoms with E-state index in [1.54, 1.807) is 13.1 Å². The lowest BCUT2D eigenvalue weighted by atomic mass is 10.2. The number of aromatic hydroxyl groups is 1. The van der Waals surface area contributed by atoms with E-state index in [2.05, 4.69) is 44.0 Å². The van der Waals surface area contributed by atoms with Crippen LogP contribution in [0.2, 0.25) is 0 Å². The number of aryl methyl sites for hydroxylation is 1. The van der Waals surface area contributed by atoms with Crippen molar-refractivity contribution in [1.82, 2.24) is 14.9 Å². The van der Waals surface area contributed by atoms with Crippen LogP contribution < -0.4 is 4.90 Å². The summed E-state index contributed by atoms with van der Waals surface area (Å²) in [6.45, 7) is 6.53. The first kappa shape index (κ1) is 19.1. The van der Waals surface area contributed by atoms with Crippen molar-refractivity contribution in [3.05, 3.63) is 47.7 Å². The Bertz CT molecular complexity index is 746. The molecular weight excluding hydrogens is 344 g/mol. The number of rotatable bonds is 7. The van der Waals surface area contributed by atoms with Crippen LogP contribution in [-0.2, 0) is 22.5 Å². The molecule has 0 amide bonds. The minimum atomic E-state index is -0.282. The van der Waals surface area contributed by atoms with Gasteiger partial charge in [0.15, 0.2) is 0 Å². The molecule has 0 saturated carbocycles. The van der Waals surface area contributed by atoms with Crippen molar-refractivity contribution in [2.24, 2.45) is 0 Å². The number of carbonyl (C=O) groups is 1. The summed E-state index contributed by atoms with van der Waals surface area (Å²) < 4.78 is 4.90. The van der Waals surface area contributed by atoms with E-state index in [9.17, 15) is 9.90 Å². The summed E-state index contributed by atoms with van der Waals surface area (Å²) >= 11 is 0. The Labute approximate surface area is 159 Å². The lowest BCUT2D eigenvalue weighted by Gasteiger charge is -2.34. The number of aromatic nitrogens is 2. The maximum Gasteiger partial charge on any atom is 0.306 e. The van der Waals surface area contributed by atoms with Crippen LogP contribution in [-0.4, -0.2) is 58.7 Å². The minimum Gasteiger partial charge on any atom is -0.493 e. The first-order chi connectivity index (χ1) is 13.2. The number of ether oxygens (including phenoxy) is 1. The molecule has 7 nitrogen and oxygen atoms in total. The van der Waals surface area contributed by atoms with Gasteiger partial charge in [-0.3, -0.25) is 9.69 Å². The average molecular weight is 370 g/mol. The molecule has 0 unspecified atom stereocenters. The fourth-order valence-corrected chi connectivity index (χ4v) is 3.13. The molecule has 7 heteroatoms. The molecule has 2 heterocycles. The van der Waals surface area contributed by atoms with Crippen molar-refractivity contribution in [2.75, 3.05) is 37.7 Å². The largest absolute Gasteiger partial charge is 0.493 e. The number of esters is 1. The summed E-state index contributed by atoms with van der Waals surface area (Å²) in [5.74, 6) is 0.193. The van der Waals surface area contributed by atoms with E-state index in [0.717, 1.165) is 32.7 Å². The van der Waals surface area contributed by atoms with Gasteiger partial charge >= 0.3 is 5.97 Å². The van der Waals surface area contributed by atoms with Crippen molar-refractivity contribution in [3.63, 3.8) is 0 Å². The van der Waals surface area contributed by atoms with Crippen LogP contribution in [0.1, 0.15) is 24.5 Å². The molecule has 1 fully saturated rings. The van der Waals surface area contributed by atoms with Gasteiger partial charge in [0.1, 0.15) is 0 Å². The van der Waals surface area contributed by atoms with Gasteiger partial charge in [-0.2, -0.15) is 4.98 Å². The monoisotopic (exact) mass is 370 g/mol. The molecule has 27 heavy (non-hydrogen) atoms. The zero-order chi connectivity index (χ0) is 19.1. The Hall–Kier alpha value is -2.67. The molecule has 1 aromatic heterocycles. The number of hydrogen-bond acceptors (Lipinski definition) is 7. The Morgan fingerprint density at radius 3 is 2.59 bits per heavy atom. The van der Waals surface area contributed by atoms with Crippen molar-refractivity contribution in [3.8, 4) is 5.88 Å². The van der Waals surface area contributed by atoms with Gasteiger partial charge in [-0.25, -0.2) is 4.98 Å². The molecule has 0 atom stereocenters. The molecule has 1 aliphatic heterocycles. The average Bonchev–Trinajstić information content (AvgIpc) is 2.69. The Kier molecular flexibility index (Phi) is 6.59. The Balaban J connectivity index is 1.52. The van der Waals surface area contributed by atoms with Crippen molar-refractivity contribution < 1.29 is 14.6 Å². The van der Waals surface area contributed by atoms with Gasteiger partial charge in [0.05, 0.1) is 6.61 Å². The lowest BCUT2D eigenvalue weighted by Crippen LogP contribution is -2.46. The maximum atomic E-state index is 11.4.